The fourth-order valence-corrected chi connectivity index (χ4v) is 3.54. The Morgan fingerprint density at radius 3 is 2.58 bits per heavy atom. The van der Waals surface area contributed by atoms with Crippen LogP contribution in [-0.2, 0) is 6.54 Å². The molecular formula is C14H14BrNO2S. The third-order valence-corrected chi connectivity index (χ3v) is 4.29. The van der Waals surface area contributed by atoms with E-state index in [0.29, 0.717) is 11.1 Å². The van der Waals surface area contributed by atoms with Gasteiger partial charge in [-0.3, -0.25) is 9.59 Å². The zero-order valence-corrected chi connectivity index (χ0v) is 13.4. The molecule has 0 aromatic carbocycles. The van der Waals surface area contributed by atoms with E-state index in [1.54, 1.807) is 30.5 Å². The SMILES string of the molecule is Cc1cc(C(=O)Cn2cc(Br)cc(C)c2=O)c(C)s1. The minimum Gasteiger partial charge on any atom is -0.306 e. The van der Waals surface area contributed by atoms with Crippen molar-refractivity contribution in [3.05, 3.63) is 54.0 Å². The Morgan fingerprint density at radius 1 is 1.32 bits per heavy atom. The molecule has 0 aliphatic heterocycles. The maximum atomic E-state index is 12.3. The lowest BCUT2D eigenvalue weighted by atomic mass is 10.1. The van der Waals surface area contributed by atoms with Gasteiger partial charge in [-0.2, -0.15) is 0 Å². The van der Waals surface area contributed by atoms with Crippen molar-refractivity contribution in [1.29, 1.82) is 0 Å². The van der Waals surface area contributed by atoms with Gasteiger partial charge in [-0.15, -0.1) is 11.3 Å². The molecule has 0 fully saturated rings. The highest BCUT2D eigenvalue weighted by molar-refractivity contribution is 9.10. The number of nitrogens with zero attached hydrogens (tertiary/aromatic N) is 1. The summed E-state index contributed by atoms with van der Waals surface area (Å²) in [7, 11) is 0. The first-order chi connectivity index (χ1) is 8.88. The summed E-state index contributed by atoms with van der Waals surface area (Å²) in [5, 5.41) is 0. The summed E-state index contributed by atoms with van der Waals surface area (Å²) in [6, 6.07) is 3.64. The Morgan fingerprint density at radius 2 is 2.00 bits per heavy atom. The number of Topliss-reactive ketones (excluding diaryl/α,β-unsaturated/α-hetero) is 1. The molecule has 2 aromatic rings. The molecule has 0 amide bonds. The summed E-state index contributed by atoms with van der Waals surface area (Å²) >= 11 is 4.94. The van der Waals surface area contributed by atoms with Crippen molar-refractivity contribution in [2.75, 3.05) is 0 Å². The Bertz CT molecular complexity index is 700. The van der Waals surface area contributed by atoms with Crippen LogP contribution in [0.2, 0.25) is 0 Å². The Kier molecular flexibility index (Phi) is 4.06. The van der Waals surface area contributed by atoms with Crippen LogP contribution in [0.1, 0.15) is 25.7 Å². The molecule has 19 heavy (non-hydrogen) atoms. The van der Waals surface area contributed by atoms with E-state index in [1.807, 2.05) is 19.9 Å². The molecule has 0 N–H and O–H groups in total. The molecule has 100 valence electrons. The number of carbonyl (C=O) groups excluding carboxylic acids is 1. The fraction of sp³-hybridized carbons (Fsp3) is 0.286. The van der Waals surface area contributed by atoms with Gasteiger partial charge in [0.05, 0.1) is 6.54 Å². The fourth-order valence-electron chi connectivity index (χ4n) is 2.00. The van der Waals surface area contributed by atoms with Crippen LogP contribution >= 0.6 is 27.3 Å². The second-order valence-electron chi connectivity index (χ2n) is 4.52. The quantitative estimate of drug-likeness (QED) is 0.803. The Labute approximate surface area is 124 Å². The molecule has 0 bridgehead atoms. The molecule has 2 rings (SSSR count). The molecule has 0 saturated heterocycles. The van der Waals surface area contributed by atoms with Crippen LogP contribution < -0.4 is 5.56 Å². The summed E-state index contributed by atoms with van der Waals surface area (Å²) in [4.78, 5) is 26.3. The third kappa shape index (κ3) is 3.04. The number of rotatable bonds is 3. The number of carbonyl (C=O) groups is 1. The van der Waals surface area contributed by atoms with Crippen LogP contribution in [0, 0.1) is 20.8 Å². The number of pyridine rings is 1. The van der Waals surface area contributed by atoms with Gasteiger partial charge in [-0.05, 0) is 48.8 Å². The van der Waals surface area contributed by atoms with Crippen LogP contribution in [0.15, 0.2) is 27.6 Å². The van der Waals surface area contributed by atoms with Crippen molar-refractivity contribution >= 4 is 33.0 Å². The van der Waals surface area contributed by atoms with Gasteiger partial charge in [0.25, 0.3) is 5.56 Å². The maximum Gasteiger partial charge on any atom is 0.253 e. The predicted molar refractivity (Wildman–Crippen MR) is 81.3 cm³/mol. The molecule has 0 saturated carbocycles. The van der Waals surface area contributed by atoms with Crippen LogP contribution in [0.25, 0.3) is 0 Å². The van der Waals surface area contributed by atoms with E-state index in [-0.39, 0.29) is 17.9 Å². The van der Waals surface area contributed by atoms with Crippen molar-refractivity contribution in [3.63, 3.8) is 0 Å². The maximum absolute atomic E-state index is 12.3. The van der Waals surface area contributed by atoms with Crippen LogP contribution in [0.3, 0.4) is 0 Å². The summed E-state index contributed by atoms with van der Waals surface area (Å²) < 4.78 is 2.25. The topological polar surface area (TPSA) is 39.1 Å². The molecule has 0 radical (unpaired) electrons. The second kappa shape index (κ2) is 5.43. The van der Waals surface area contributed by atoms with Crippen LogP contribution in [-0.4, -0.2) is 10.4 Å². The summed E-state index contributed by atoms with van der Waals surface area (Å²) in [5.74, 6) is -0.0264. The first-order valence-electron chi connectivity index (χ1n) is 5.85. The molecule has 0 atom stereocenters. The number of ketones is 1. The van der Waals surface area contributed by atoms with E-state index in [0.717, 1.165) is 14.2 Å². The van der Waals surface area contributed by atoms with Crippen molar-refractivity contribution < 1.29 is 4.79 Å². The highest BCUT2D eigenvalue weighted by atomic mass is 79.9. The smallest absolute Gasteiger partial charge is 0.253 e. The number of hydrogen-bond donors (Lipinski definition) is 0. The minimum atomic E-state index is -0.124. The van der Waals surface area contributed by atoms with Crippen LogP contribution in [0.4, 0.5) is 0 Å². The lowest BCUT2D eigenvalue weighted by Crippen LogP contribution is -2.25. The van der Waals surface area contributed by atoms with Gasteiger partial charge in [0.2, 0.25) is 0 Å². The normalized spacial score (nSPS) is 10.7. The average molecular weight is 340 g/mol. The van der Waals surface area contributed by atoms with Crippen LogP contribution in [0.5, 0.6) is 0 Å². The van der Waals surface area contributed by atoms with E-state index in [4.69, 9.17) is 0 Å². The van der Waals surface area contributed by atoms with Crippen molar-refractivity contribution in [1.82, 2.24) is 4.57 Å². The summed E-state index contributed by atoms with van der Waals surface area (Å²) in [6.45, 7) is 5.73. The first-order valence-corrected chi connectivity index (χ1v) is 7.46. The van der Waals surface area contributed by atoms with E-state index >= 15 is 0 Å². The largest absolute Gasteiger partial charge is 0.306 e. The number of hydrogen-bond acceptors (Lipinski definition) is 3. The van der Waals surface area contributed by atoms with Crippen molar-refractivity contribution in [2.24, 2.45) is 0 Å². The zero-order chi connectivity index (χ0) is 14.2. The van der Waals surface area contributed by atoms with E-state index < -0.39 is 0 Å². The minimum absolute atomic E-state index is 0.0264. The van der Waals surface area contributed by atoms with Crippen molar-refractivity contribution in [3.8, 4) is 0 Å². The van der Waals surface area contributed by atoms with Gasteiger partial charge < -0.3 is 4.57 Å². The molecule has 3 nitrogen and oxygen atoms in total. The van der Waals surface area contributed by atoms with Gasteiger partial charge in [0.15, 0.2) is 5.78 Å². The average Bonchev–Trinajstić information content (AvgIpc) is 2.64. The Hall–Kier alpha value is -1.20. The standard InChI is InChI=1S/C14H14BrNO2S/c1-8-4-11(15)6-16(14(8)18)7-13(17)12-5-9(2)19-10(12)3/h4-6H,7H2,1-3H3. The van der Waals surface area contributed by atoms with Gasteiger partial charge in [-0.1, -0.05) is 0 Å². The molecular weight excluding hydrogens is 326 g/mol. The number of aromatic nitrogens is 1. The van der Waals surface area contributed by atoms with E-state index in [2.05, 4.69) is 15.9 Å². The monoisotopic (exact) mass is 339 g/mol. The molecule has 0 spiro atoms. The second-order valence-corrected chi connectivity index (χ2v) is 6.90. The summed E-state index contributed by atoms with van der Waals surface area (Å²) in [5.41, 5.74) is 1.22. The van der Waals surface area contributed by atoms with Gasteiger partial charge in [0, 0.05) is 31.6 Å². The molecule has 5 heteroatoms. The molecule has 0 unspecified atom stereocenters. The zero-order valence-electron chi connectivity index (χ0n) is 11.0. The lowest BCUT2D eigenvalue weighted by molar-refractivity contribution is 0.0970. The highest BCUT2D eigenvalue weighted by Gasteiger charge is 2.14. The molecule has 2 heterocycles. The predicted octanol–water partition coefficient (Wildman–Crippen LogP) is 3.48. The molecule has 2 aromatic heterocycles. The third-order valence-electron chi connectivity index (χ3n) is 2.89. The van der Waals surface area contributed by atoms with E-state index in [9.17, 15) is 9.59 Å². The number of halogens is 1. The highest BCUT2D eigenvalue weighted by Crippen LogP contribution is 2.21. The number of aryl methyl sites for hydroxylation is 3. The van der Waals surface area contributed by atoms with Gasteiger partial charge in [-0.25, -0.2) is 0 Å². The Balaban J connectivity index is 2.34. The first kappa shape index (κ1) is 14.2. The summed E-state index contributed by atoms with van der Waals surface area (Å²) in [6.07, 6.45) is 1.65. The molecule has 0 aliphatic rings. The van der Waals surface area contributed by atoms with Gasteiger partial charge in [0.1, 0.15) is 0 Å². The van der Waals surface area contributed by atoms with Gasteiger partial charge >= 0.3 is 0 Å². The molecule has 0 aliphatic carbocycles. The van der Waals surface area contributed by atoms with E-state index in [1.165, 1.54) is 4.57 Å². The lowest BCUT2D eigenvalue weighted by Gasteiger charge is -2.07. The van der Waals surface area contributed by atoms with Crippen molar-refractivity contribution in [2.45, 2.75) is 27.3 Å². The number of thiophene rings is 1.